The van der Waals surface area contributed by atoms with E-state index in [9.17, 15) is 13.9 Å². The van der Waals surface area contributed by atoms with Crippen LogP contribution in [0.3, 0.4) is 0 Å². The molecule has 3 nitrogen and oxygen atoms in total. The number of hydrogen-bond acceptors (Lipinski definition) is 3. The SMILES string of the molecule is C[C@H](O)c1ccc(OCc2ccc(F)c(C#N)c2)cc1F. The van der Waals surface area contributed by atoms with Gasteiger partial charge in [0, 0.05) is 11.6 Å². The predicted octanol–water partition coefficient (Wildman–Crippen LogP) is 3.47. The van der Waals surface area contributed by atoms with Crippen molar-refractivity contribution in [3.63, 3.8) is 0 Å². The van der Waals surface area contributed by atoms with Gasteiger partial charge in [-0.3, -0.25) is 0 Å². The highest BCUT2D eigenvalue weighted by Crippen LogP contribution is 2.22. The zero-order chi connectivity index (χ0) is 15.4. The highest BCUT2D eigenvalue weighted by Gasteiger charge is 2.09. The van der Waals surface area contributed by atoms with Crippen molar-refractivity contribution in [3.05, 3.63) is 64.7 Å². The second kappa shape index (κ2) is 6.33. The number of rotatable bonds is 4. The lowest BCUT2D eigenvalue weighted by molar-refractivity contribution is 0.194. The second-order valence-electron chi connectivity index (χ2n) is 4.57. The van der Waals surface area contributed by atoms with Gasteiger partial charge in [0.2, 0.25) is 0 Å². The van der Waals surface area contributed by atoms with Crippen molar-refractivity contribution in [2.45, 2.75) is 19.6 Å². The minimum Gasteiger partial charge on any atom is -0.489 e. The molecule has 1 N–H and O–H groups in total. The molecule has 2 aromatic carbocycles. The average Bonchev–Trinajstić information content (AvgIpc) is 2.46. The quantitative estimate of drug-likeness (QED) is 0.937. The molecule has 0 fully saturated rings. The molecule has 0 saturated carbocycles. The van der Waals surface area contributed by atoms with Crippen molar-refractivity contribution in [2.75, 3.05) is 0 Å². The number of aliphatic hydroxyl groups is 1. The monoisotopic (exact) mass is 289 g/mol. The normalized spacial score (nSPS) is 11.8. The van der Waals surface area contributed by atoms with Gasteiger partial charge in [0.1, 0.15) is 30.1 Å². The Balaban J connectivity index is 2.10. The minimum absolute atomic E-state index is 0.0632. The van der Waals surface area contributed by atoms with Crippen LogP contribution in [0.4, 0.5) is 8.78 Å². The number of ether oxygens (including phenoxy) is 1. The van der Waals surface area contributed by atoms with E-state index in [1.54, 1.807) is 12.1 Å². The second-order valence-corrected chi connectivity index (χ2v) is 4.57. The topological polar surface area (TPSA) is 53.2 Å². The summed E-state index contributed by atoms with van der Waals surface area (Å²) >= 11 is 0. The van der Waals surface area contributed by atoms with Crippen molar-refractivity contribution < 1.29 is 18.6 Å². The lowest BCUT2D eigenvalue weighted by Crippen LogP contribution is -2.00. The summed E-state index contributed by atoms with van der Waals surface area (Å²) in [4.78, 5) is 0. The number of nitrogens with zero attached hydrogens (tertiary/aromatic N) is 1. The van der Waals surface area contributed by atoms with Gasteiger partial charge in [-0.15, -0.1) is 0 Å². The largest absolute Gasteiger partial charge is 0.489 e. The molecule has 5 heteroatoms. The molecule has 2 rings (SSSR count). The van der Waals surface area contributed by atoms with Crippen molar-refractivity contribution >= 4 is 0 Å². The fourth-order valence-electron chi connectivity index (χ4n) is 1.85. The van der Waals surface area contributed by atoms with Crippen LogP contribution in [0, 0.1) is 23.0 Å². The van der Waals surface area contributed by atoms with Crippen molar-refractivity contribution in [2.24, 2.45) is 0 Å². The summed E-state index contributed by atoms with van der Waals surface area (Å²) in [5.41, 5.74) is 0.732. The number of nitriles is 1. The zero-order valence-electron chi connectivity index (χ0n) is 11.3. The summed E-state index contributed by atoms with van der Waals surface area (Å²) in [5.74, 6) is -0.854. The minimum atomic E-state index is -0.894. The van der Waals surface area contributed by atoms with E-state index < -0.39 is 17.7 Å². The van der Waals surface area contributed by atoms with Crippen LogP contribution in [0.25, 0.3) is 0 Å². The molecule has 0 amide bonds. The van der Waals surface area contributed by atoms with Gasteiger partial charge in [0.15, 0.2) is 0 Å². The third kappa shape index (κ3) is 3.56. The molecule has 0 bridgehead atoms. The van der Waals surface area contributed by atoms with E-state index in [2.05, 4.69) is 0 Å². The Morgan fingerprint density at radius 3 is 2.57 bits per heavy atom. The number of halogens is 2. The zero-order valence-corrected chi connectivity index (χ0v) is 11.3. The van der Waals surface area contributed by atoms with Gasteiger partial charge < -0.3 is 9.84 Å². The Bertz CT molecular complexity index is 693. The molecule has 0 radical (unpaired) electrons. The number of benzene rings is 2. The number of aliphatic hydroxyl groups excluding tert-OH is 1. The fourth-order valence-corrected chi connectivity index (χ4v) is 1.85. The first-order valence-electron chi connectivity index (χ1n) is 6.30. The van der Waals surface area contributed by atoms with Crippen LogP contribution in [-0.4, -0.2) is 5.11 Å². The van der Waals surface area contributed by atoms with Crippen molar-refractivity contribution in [3.8, 4) is 11.8 Å². The maximum atomic E-state index is 13.7. The third-order valence-corrected chi connectivity index (χ3v) is 2.98. The predicted molar refractivity (Wildman–Crippen MR) is 72.5 cm³/mol. The van der Waals surface area contributed by atoms with Gasteiger partial charge in [-0.05, 0) is 36.8 Å². The molecule has 21 heavy (non-hydrogen) atoms. The summed E-state index contributed by atoms with van der Waals surface area (Å²) in [5, 5.41) is 18.1. The lowest BCUT2D eigenvalue weighted by atomic mass is 10.1. The molecule has 0 aliphatic carbocycles. The van der Waals surface area contributed by atoms with E-state index in [0.717, 1.165) is 0 Å². The van der Waals surface area contributed by atoms with Crippen LogP contribution in [-0.2, 0) is 6.61 Å². The molecular weight excluding hydrogens is 276 g/mol. The maximum absolute atomic E-state index is 13.7. The van der Waals surface area contributed by atoms with E-state index in [1.165, 1.54) is 37.3 Å². The fraction of sp³-hybridized carbons (Fsp3) is 0.188. The van der Waals surface area contributed by atoms with Crippen molar-refractivity contribution in [1.29, 1.82) is 5.26 Å². The Kier molecular flexibility index (Phi) is 4.51. The van der Waals surface area contributed by atoms with E-state index >= 15 is 0 Å². The summed E-state index contributed by atoms with van der Waals surface area (Å²) in [6.07, 6.45) is -0.894. The summed E-state index contributed by atoms with van der Waals surface area (Å²) in [6, 6.07) is 9.98. The Morgan fingerprint density at radius 2 is 1.95 bits per heavy atom. The highest BCUT2D eigenvalue weighted by atomic mass is 19.1. The first-order chi connectivity index (χ1) is 10.0. The lowest BCUT2D eigenvalue weighted by Gasteiger charge is -2.10. The summed E-state index contributed by atoms with van der Waals surface area (Å²) < 4.78 is 32.2. The molecule has 0 aliphatic rings. The standard InChI is InChI=1S/C16H13F2NO2/c1-10(20)14-4-3-13(7-16(14)18)21-9-11-2-5-15(17)12(6-11)8-19/h2-7,10,20H,9H2,1H3/t10-/m0/s1. The van der Waals surface area contributed by atoms with Crippen LogP contribution < -0.4 is 4.74 Å². The van der Waals surface area contributed by atoms with Crippen LogP contribution in [0.15, 0.2) is 36.4 Å². The van der Waals surface area contributed by atoms with Crippen molar-refractivity contribution in [1.82, 2.24) is 0 Å². The Labute approximate surface area is 121 Å². The van der Waals surface area contributed by atoms with E-state index in [4.69, 9.17) is 10.00 Å². The molecule has 0 spiro atoms. The van der Waals surface area contributed by atoms with Crippen LogP contribution >= 0.6 is 0 Å². The van der Waals surface area contributed by atoms with Crippen LogP contribution in [0.1, 0.15) is 29.7 Å². The van der Waals surface area contributed by atoms with E-state index in [-0.39, 0.29) is 17.7 Å². The maximum Gasteiger partial charge on any atom is 0.140 e. The summed E-state index contributed by atoms with van der Waals surface area (Å²) in [7, 11) is 0. The molecule has 0 unspecified atom stereocenters. The molecule has 2 aromatic rings. The van der Waals surface area contributed by atoms with Gasteiger partial charge in [-0.1, -0.05) is 6.07 Å². The van der Waals surface area contributed by atoms with Gasteiger partial charge >= 0.3 is 0 Å². The van der Waals surface area contributed by atoms with Gasteiger partial charge in [-0.2, -0.15) is 5.26 Å². The Hall–Kier alpha value is -2.45. The van der Waals surface area contributed by atoms with E-state index in [1.807, 2.05) is 0 Å². The first-order valence-corrected chi connectivity index (χ1v) is 6.30. The molecule has 0 heterocycles. The number of hydrogen-bond donors (Lipinski definition) is 1. The molecule has 0 aromatic heterocycles. The van der Waals surface area contributed by atoms with Gasteiger partial charge in [-0.25, -0.2) is 8.78 Å². The van der Waals surface area contributed by atoms with Crippen LogP contribution in [0.2, 0.25) is 0 Å². The summed E-state index contributed by atoms with van der Waals surface area (Å²) in [6.45, 7) is 1.56. The third-order valence-electron chi connectivity index (χ3n) is 2.98. The molecule has 1 atom stereocenters. The van der Waals surface area contributed by atoms with Crippen LogP contribution in [0.5, 0.6) is 5.75 Å². The smallest absolute Gasteiger partial charge is 0.140 e. The first kappa shape index (κ1) is 14.9. The highest BCUT2D eigenvalue weighted by molar-refractivity contribution is 5.35. The van der Waals surface area contributed by atoms with Gasteiger partial charge in [0.25, 0.3) is 0 Å². The van der Waals surface area contributed by atoms with E-state index in [0.29, 0.717) is 11.3 Å². The molecule has 0 aliphatic heterocycles. The Morgan fingerprint density at radius 1 is 1.19 bits per heavy atom. The molecule has 108 valence electrons. The van der Waals surface area contributed by atoms with Gasteiger partial charge in [0.05, 0.1) is 11.7 Å². The molecular formula is C16H13F2NO2. The molecule has 0 saturated heterocycles. The average molecular weight is 289 g/mol.